The van der Waals surface area contributed by atoms with Crippen molar-refractivity contribution in [3.8, 4) is 28.1 Å². The van der Waals surface area contributed by atoms with Gasteiger partial charge in [0.05, 0.1) is 29.8 Å². The maximum absolute atomic E-state index is 13.3. The first-order chi connectivity index (χ1) is 21.3. The zero-order valence-electron chi connectivity index (χ0n) is 27.0. The van der Waals surface area contributed by atoms with Crippen molar-refractivity contribution < 1.29 is 23.8 Å². The summed E-state index contributed by atoms with van der Waals surface area (Å²) >= 11 is 0. The van der Waals surface area contributed by atoms with Crippen molar-refractivity contribution in [1.82, 2.24) is 15.2 Å². The minimum absolute atomic E-state index is 0.188. The van der Waals surface area contributed by atoms with Crippen molar-refractivity contribution in [3.63, 3.8) is 0 Å². The first kappa shape index (κ1) is 32.2. The average molecular weight is 615 g/mol. The van der Waals surface area contributed by atoms with Crippen molar-refractivity contribution in [2.75, 3.05) is 24.6 Å². The van der Waals surface area contributed by atoms with E-state index in [1.807, 2.05) is 52.0 Å². The van der Waals surface area contributed by atoms with Gasteiger partial charge in [0.2, 0.25) is 0 Å². The smallest absolute Gasteiger partial charge is 0.337 e. The maximum atomic E-state index is 13.3. The van der Waals surface area contributed by atoms with Crippen molar-refractivity contribution >= 4 is 11.7 Å². The molecule has 0 amide bonds. The van der Waals surface area contributed by atoms with Gasteiger partial charge < -0.3 is 19.5 Å². The lowest BCUT2D eigenvalue weighted by atomic mass is 9.81. The van der Waals surface area contributed by atoms with Gasteiger partial charge in [0, 0.05) is 48.1 Å². The van der Waals surface area contributed by atoms with Crippen molar-refractivity contribution in [1.29, 1.82) is 0 Å². The van der Waals surface area contributed by atoms with Crippen LogP contribution in [0, 0.1) is 18.2 Å². The highest BCUT2D eigenvalue weighted by Gasteiger charge is 2.37. The van der Waals surface area contributed by atoms with Crippen LogP contribution < -0.4 is 9.64 Å². The summed E-state index contributed by atoms with van der Waals surface area (Å²) in [5, 5.41) is 17.6. The first-order valence-electron chi connectivity index (χ1n) is 15.5. The minimum Gasteiger partial charge on any atom is -0.493 e. The van der Waals surface area contributed by atoms with Gasteiger partial charge in [-0.2, -0.15) is 5.10 Å². The van der Waals surface area contributed by atoms with E-state index in [1.165, 1.54) is 12.1 Å². The summed E-state index contributed by atoms with van der Waals surface area (Å²) in [4.78, 5) is 20.2. The molecule has 0 saturated carbocycles. The molecule has 0 unspecified atom stereocenters. The minimum atomic E-state index is -1.21. The molecule has 4 aromatic rings. The number of aryl methyl sites for hydroxylation is 1. The van der Waals surface area contributed by atoms with Gasteiger partial charge in [-0.05, 0) is 81.3 Å². The molecular formula is C36H43FN4O4. The number of pyridine rings is 1. The Bertz CT molecular complexity index is 1600. The SMILES string of the molecule is Cc1nc(-c2cn[nH]c2)c(-c2ccc(OCCc3ccc(F)cc3)cc2)c(N2CCC(C)(C)CC2)c1[C@H](OC(C)(C)C)C(=O)O. The number of aliphatic carboxylic acids is 1. The molecule has 2 N–H and O–H groups in total. The van der Waals surface area contributed by atoms with E-state index in [9.17, 15) is 14.3 Å². The maximum Gasteiger partial charge on any atom is 0.337 e. The number of nitrogens with zero attached hydrogens (tertiary/aromatic N) is 3. The molecule has 1 atom stereocenters. The summed E-state index contributed by atoms with van der Waals surface area (Å²) in [5.74, 6) is -0.613. The molecule has 2 aromatic carbocycles. The molecule has 238 valence electrons. The third kappa shape index (κ3) is 7.71. The molecule has 3 heterocycles. The fraction of sp³-hybridized carbons (Fsp3) is 0.417. The number of rotatable bonds is 10. The topological polar surface area (TPSA) is 101 Å². The van der Waals surface area contributed by atoms with E-state index in [0.717, 1.165) is 59.6 Å². The molecule has 1 saturated heterocycles. The Morgan fingerprint density at radius 3 is 2.31 bits per heavy atom. The molecule has 8 nitrogen and oxygen atoms in total. The van der Waals surface area contributed by atoms with Gasteiger partial charge in [-0.1, -0.05) is 38.1 Å². The molecule has 1 fully saturated rings. The van der Waals surface area contributed by atoms with Crippen LogP contribution in [0.2, 0.25) is 0 Å². The first-order valence-corrected chi connectivity index (χ1v) is 15.5. The number of hydrogen-bond donors (Lipinski definition) is 2. The van der Waals surface area contributed by atoms with Crippen LogP contribution in [0.5, 0.6) is 5.75 Å². The van der Waals surface area contributed by atoms with E-state index in [1.54, 1.807) is 24.5 Å². The summed E-state index contributed by atoms with van der Waals surface area (Å²) in [6.07, 6.45) is 4.91. The zero-order chi connectivity index (χ0) is 32.4. The van der Waals surface area contributed by atoms with Crippen LogP contribution in [0.1, 0.15) is 70.4 Å². The van der Waals surface area contributed by atoms with Gasteiger partial charge in [0.1, 0.15) is 11.6 Å². The van der Waals surface area contributed by atoms with Crippen LogP contribution in [0.15, 0.2) is 60.9 Å². The van der Waals surface area contributed by atoms with E-state index < -0.39 is 17.7 Å². The van der Waals surface area contributed by atoms with Crippen molar-refractivity contribution in [2.24, 2.45) is 5.41 Å². The Balaban J connectivity index is 1.61. The monoisotopic (exact) mass is 614 g/mol. The molecule has 0 radical (unpaired) electrons. The lowest BCUT2D eigenvalue weighted by Gasteiger charge is -2.41. The predicted octanol–water partition coefficient (Wildman–Crippen LogP) is 7.77. The van der Waals surface area contributed by atoms with Gasteiger partial charge in [-0.15, -0.1) is 0 Å². The molecule has 45 heavy (non-hydrogen) atoms. The number of ether oxygens (including phenoxy) is 2. The Morgan fingerprint density at radius 2 is 1.73 bits per heavy atom. The van der Waals surface area contributed by atoms with Crippen LogP contribution in [0.3, 0.4) is 0 Å². The highest BCUT2D eigenvalue weighted by Crippen LogP contribution is 2.47. The van der Waals surface area contributed by atoms with E-state index in [2.05, 4.69) is 28.9 Å². The molecule has 0 bridgehead atoms. The van der Waals surface area contributed by atoms with Gasteiger partial charge in [-0.3, -0.25) is 10.1 Å². The van der Waals surface area contributed by atoms with Crippen LogP contribution in [-0.2, 0) is 16.0 Å². The highest BCUT2D eigenvalue weighted by molar-refractivity contribution is 5.94. The number of hydrogen-bond acceptors (Lipinski definition) is 6. The quantitative estimate of drug-likeness (QED) is 0.188. The largest absolute Gasteiger partial charge is 0.493 e. The van der Waals surface area contributed by atoms with E-state index >= 15 is 0 Å². The third-order valence-corrected chi connectivity index (χ3v) is 8.28. The Labute approximate surface area is 264 Å². The number of benzene rings is 2. The number of aromatic nitrogens is 3. The summed E-state index contributed by atoms with van der Waals surface area (Å²) in [7, 11) is 0. The normalized spacial score (nSPS) is 15.6. The summed E-state index contributed by atoms with van der Waals surface area (Å²) < 4.78 is 25.6. The zero-order valence-corrected chi connectivity index (χ0v) is 27.0. The van der Waals surface area contributed by atoms with E-state index in [0.29, 0.717) is 30.0 Å². The fourth-order valence-electron chi connectivity index (χ4n) is 5.78. The second-order valence-electron chi connectivity index (χ2n) is 13.5. The lowest BCUT2D eigenvalue weighted by Crippen LogP contribution is -2.39. The molecule has 9 heteroatoms. The van der Waals surface area contributed by atoms with Crippen LogP contribution >= 0.6 is 0 Å². The number of carboxylic acids is 1. The van der Waals surface area contributed by atoms with Crippen molar-refractivity contribution in [2.45, 2.75) is 72.5 Å². The number of aromatic amines is 1. The van der Waals surface area contributed by atoms with Gasteiger partial charge >= 0.3 is 5.97 Å². The van der Waals surface area contributed by atoms with Gasteiger partial charge in [0.25, 0.3) is 0 Å². The molecule has 0 aliphatic carbocycles. The van der Waals surface area contributed by atoms with E-state index in [-0.39, 0.29) is 11.2 Å². The van der Waals surface area contributed by atoms with E-state index in [4.69, 9.17) is 14.5 Å². The summed E-state index contributed by atoms with van der Waals surface area (Å²) in [6, 6.07) is 14.2. The Hall–Kier alpha value is -4.24. The standard InChI is InChI=1S/C36H43FN4O4/c1-23-29(33(34(42)43)45-35(2,3)4)32(41-18-16-36(5,6)17-19-41)30(31(40-23)26-21-38-39-22-26)25-9-13-28(14-10-25)44-20-15-24-7-11-27(37)12-8-24/h7-14,21-22,33H,15-20H2,1-6H3,(H,38,39)(H,42,43)/t33-/m0/s1. The average Bonchev–Trinajstić information content (AvgIpc) is 3.52. The molecule has 1 aliphatic rings. The Kier molecular flexibility index (Phi) is 9.30. The molecule has 1 aliphatic heterocycles. The predicted molar refractivity (Wildman–Crippen MR) is 174 cm³/mol. The van der Waals surface area contributed by atoms with Gasteiger partial charge in [0.15, 0.2) is 6.10 Å². The molecular weight excluding hydrogens is 571 g/mol. The number of carboxylic acid groups (broad SMARTS) is 1. The molecule has 2 aromatic heterocycles. The number of anilines is 1. The third-order valence-electron chi connectivity index (χ3n) is 8.28. The second-order valence-corrected chi connectivity index (χ2v) is 13.5. The summed E-state index contributed by atoms with van der Waals surface area (Å²) in [5.41, 5.74) is 5.72. The van der Waals surface area contributed by atoms with Crippen LogP contribution in [-0.4, -0.2) is 51.6 Å². The number of halogens is 1. The highest BCUT2D eigenvalue weighted by atomic mass is 19.1. The molecule has 5 rings (SSSR count). The fourth-order valence-corrected chi connectivity index (χ4v) is 5.78. The lowest BCUT2D eigenvalue weighted by molar-refractivity contribution is -0.160. The van der Waals surface area contributed by atoms with Crippen molar-refractivity contribution in [3.05, 3.63) is 83.6 Å². The van der Waals surface area contributed by atoms with Gasteiger partial charge in [-0.25, -0.2) is 9.18 Å². The second kappa shape index (κ2) is 13.0. The Morgan fingerprint density at radius 1 is 1.07 bits per heavy atom. The molecule has 0 spiro atoms. The number of piperidine rings is 1. The number of carbonyl (C=O) groups is 1. The van der Waals surface area contributed by atoms with Crippen LogP contribution in [0.4, 0.5) is 10.1 Å². The van der Waals surface area contributed by atoms with Crippen LogP contribution in [0.25, 0.3) is 22.4 Å². The summed E-state index contributed by atoms with van der Waals surface area (Å²) in [6.45, 7) is 14.0. The number of H-pyrrole nitrogens is 1. The number of nitrogens with one attached hydrogen (secondary N) is 1.